The summed E-state index contributed by atoms with van der Waals surface area (Å²) in [6.07, 6.45) is 3.66. The number of allylic oxidation sites excluding steroid dienone is 1. The molecule has 0 unspecified atom stereocenters. The van der Waals surface area contributed by atoms with Gasteiger partial charge in [0.25, 0.3) is 0 Å². The van der Waals surface area contributed by atoms with E-state index in [1.807, 2.05) is 42.2 Å². The number of carbonyl (C=O) groups is 3. The first kappa shape index (κ1) is 21.6. The van der Waals surface area contributed by atoms with Crippen molar-refractivity contribution in [2.75, 3.05) is 18.1 Å². The van der Waals surface area contributed by atoms with Crippen LogP contribution in [0.2, 0.25) is 5.02 Å². The molecule has 4 aliphatic rings. The van der Waals surface area contributed by atoms with Gasteiger partial charge in [-0.3, -0.25) is 19.3 Å². The van der Waals surface area contributed by atoms with Crippen molar-refractivity contribution >= 4 is 40.5 Å². The van der Waals surface area contributed by atoms with E-state index in [1.165, 1.54) is 4.90 Å². The summed E-state index contributed by atoms with van der Waals surface area (Å²) in [5, 5.41) is 0.345. The van der Waals surface area contributed by atoms with Gasteiger partial charge in [0.1, 0.15) is 6.04 Å². The predicted molar refractivity (Wildman–Crippen MR) is 129 cm³/mol. The Labute approximate surface area is 203 Å². The van der Waals surface area contributed by atoms with Crippen LogP contribution in [0.3, 0.4) is 0 Å². The molecule has 3 fully saturated rings. The Bertz CT molecular complexity index is 1230. The molecule has 0 radical (unpaired) electrons. The third-order valence-corrected chi connectivity index (χ3v) is 7.99. The highest BCUT2D eigenvalue weighted by atomic mass is 35.5. The first-order valence-corrected chi connectivity index (χ1v) is 12.2. The molecule has 2 amide bonds. The smallest absolute Gasteiger partial charge is 0.235 e. The maximum Gasteiger partial charge on any atom is 0.235 e. The van der Waals surface area contributed by atoms with Gasteiger partial charge in [-0.15, -0.1) is 0 Å². The molecule has 0 spiro atoms. The fourth-order valence-corrected chi connectivity index (χ4v) is 6.38. The van der Waals surface area contributed by atoms with Crippen LogP contribution in [0, 0.1) is 11.8 Å². The van der Waals surface area contributed by atoms with Crippen LogP contribution in [0.5, 0.6) is 0 Å². The molecule has 6 nitrogen and oxygen atoms in total. The number of rotatable bonds is 4. The number of hydrogen-bond acceptors (Lipinski definition) is 5. The summed E-state index contributed by atoms with van der Waals surface area (Å²) >= 11 is 6.42. The van der Waals surface area contributed by atoms with Crippen LogP contribution >= 0.6 is 11.6 Å². The van der Waals surface area contributed by atoms with Crippen molar-refractivity contribution in [1.29, 1.82) is 0 Å². The average molecular weight is 477 g/mol. The lowest BCUT2D eigenvalue weighted by Crippen LogP contribution is -2.50. The SMILES string of the molecule is CC1=C[C@@H]2[C@@H]3C(=O)N(C[C@@H]4CCCO4)C(=O)[C@@H]3[C@@H](C(=O)c3ccccc3Cl)N2c2ccccc21. The first-order valence-electron chi connectivity index (χ1n) is 11.8. The normalized spacial score (nSPS) is 29.7. The van der Waals surface area contributed by atoms with Crippen molar-refractivity contribution in [2.24, 2.45) is 11.8 Å². The average Bonchev–Trinajstić information content (AvgIpc) is 3.53. The summed E-state index contributed by atoms with van der Waals surface area (Å²) in [5.74, 6) is -2.11. The molecule has 4 aliphatic heterocycles. The van der Waals surface area contributed by atoms with Crippen LogP contribution in [0.25, 0.3) is 5.57 Å². The van der Waals surface area contributed by atoms with E-state index in [1.54, 1.807) is 24.3 Å². The fourth-order valence-electron chi connectivity index (χ4n) is 6.15. The van der Waals surface area contributed by atoms with Crippen LogP contribution in [0.4, 0.5) is 5.69 Å². The molecule has 0 saturated carbocycles. The number of ether oxygens (including phenoxy) is 1. The molecular formula is C27H25ClN2O4. The lowest BCUT2D eigenvalue weighted by Gasteiger charge is -2.38. The Morgan fingerprint density at radius 2 is 1.79 bits per heavy atom. The highest BCUT2D eigenvalue weighted by Gasteiger charge is 2.64. The van der Waals surface area contributed by atoms with Gasteiger partial charge in [-0.1, -0.05) is 48.0 Å². The lowest BCUT2D eigenvalue weighted by atomic mass is 9.85. The van der Waals surface area contributed by atoms with Gasteiger partial charge in [-0.05, 0) is 43.5 Å². The van der Waals surface area contributed by atoms with Crippen molar-refractivity contribution < 1.29 is 19.1 Å². The molecule has 7 heteroatoms. The molecule has 174 valence electrons. The summed E-state index contributed by atoms with van der Waals surface area (Å²) in [7, 11) is 0. The molecule has 0 aliphatic carbocycles. The summed E-state index contributed by atoms with van der Waals surface area (Å²) in [6.45, 7) is 2.92. The van der Waals surface area contributed by atoms with Crippen molar-refractivity contribution in [3.05, 3.63) is 70.8 Å². The summed E-state index contributed by atoms with van der Waals surface area (Å²) in [5.41, 5.74) is 3.29. The van der Waals surface area contributed by atoms with Crippen LogP contribution in [-0.4, -0.2) is 53.8 Å². The highest BCUT2D eigenvalue weighted by molar-refractivity contribution is 6.34. The van der Waals surface area contributed by atoms with E-state index < -0.39 is 17.9 Å². The Hall–Kier alpha value is -2.96. The number of carbonyl (C=O) groups excluding carboxylic acids is 3. The van der Waals surface area contributed by atoms with Crippen molar-refractivity contribution in [2.45, 2.75) is 38.0 Å². The number of benzene rings is 2. The number of fused-ring (bicyclic) bond motifs is 5. The molecule has 34 heavy (non-hydrogen) atoms. The number of para-hydroxylation sites is 1. The molecule has 0 N–H and O–H groups in total. The van der Waals surface area contributed by atoms with Crippen LogP contribution < -0.4 is 4.90 Å². The molecular weight excluding hydrogens is 452 g/mol. The monoisotopic (exact) mass is 476 g/mol. The highest BCUT2D eigenvalue weighted by Crippen LogP contribution is 2.50. The van der Waals surface area contributed by atoms with Crippen LogP contribution in [-0.2, 0) is 14.3 Å². The zero-order chi connectivity index (χ0) is 23.6. The van der Waals surface area contributed by atoms with Crippen LogP contribution in [0.1, 0.15) is 35.7 Å². The number of imide groups is 1. The van der Waals surface area contributed by atoms with Gasteiger partial charge < -0.3 is 9.64 Å². The third kappa shape index (κ3) is 3.08. The van der Waals surface area contributed by atoms with Gasteiger partial charge in [-0.25, -0.2) is 0 Å². The van der Waals surface area contributed by atoms with Gasteiger partial charge in [0, 0.05) is 23.4 Å². The number of anilines is 1. The molecule has 2 aromatic carbocycles. The Kier molecular flexibility index (Phi) is 5.12. The number of halogens is 1. The standard InChI is InChI=1S/C27H25ClN2O4/c1-15-13-21-22-23(27(33)29(26(22)32)14-16-7-6-12-34-16)24(25(31)18-9-2-4-10-19(18)28)30(21)20-11-5-3-8-17(15)20/h2-5,8-11,13,16,21-24H,6-7,12,14H2,1H3/t16-,21+,22-,23-,24-/m0/s1. The minimum Gasteiger partial charge on any atom is -0.376 e. The van der Waals surface area contributed by atoms with Gasteiger partial charge >= 0.3 is 0 Å². The molecule has 0 bridgehead atoms. The Balaban J connectivity index is 1.47. The Morgan fingerprint density at radius 3 is 2.56 bits per heavy atom. The Morgan fingerprint density at radius 1 is 1.06 bits per heavy atom. The maximum atomic E-state index is 14.0. The van der Waals surface area contributed by atoms with E-state index >= 15 is 0 Å². The third-order valence-electron chi connectivity index (χ3n) is 7.66. The zero-order valence-electron chi connectivity index (χ0n) is 18.8. The summed E-state index contributed by atoms with van der Waals surface area (Å²) in [4.78, 5) is 44.8. The number of nitrogens with zero attached hydrogens (tertiary/aromatic N) is 2. The van der Waals surface area contributed by atoms with E-state index in [9.17, 15) is 14.4 Å². The van der Waals surface area contributed by atoms with Gasteiger partial charge in [0.05, 0.1) is 35.5 Å². The zero-order valence-corrected chi connectivity index (χ0v) is 19.6. The molecule has 4 heterocycles. The van der Waals surface area contributed by atoms with Gasteiger partial charge in [0.2, 0.25) is 11.8 Å². The van der Waals surface area contributed by atoms with E-state index in [0.29, 0.717) is 17.2 Å². The van der Waals surface area contributed by atoms with E-state index in [4.69, 9.17) is 16.3 Å². The molecule has 3 saturated heterocycles. The van der Waals surface area contributed by atoms with Crippen molar-refractivity contribution in [3.63, 3.8) is 0 Å². The second-order valence-electron chi connectivity index (χ2n) is 9.53. The molecule has 2 aromatic rings. The van der Waals surface area contributed by atoms with E-state index in [0.717, 1.165) is 29.7 Å². The second kappa shape index (κ2) is 8.07. The predicted octanol–water partition coefficient (Wildman–Crippen LogP) is 3.98. The largest absolute Gasteiger partial charge is 0.376 e. The van der Waals surface area contributed by atoms with Gasteiger partial charge in [-0.2, -0.15) is 0 Å². The van der Waals surface area contributed by atoms with E-state index in [-0.39, 0.29) is 36.3 Å². The number of hydrogen-bond donors (Lipinski definition) is 0. The minimum atomic E-state index is -0.814. The minimum absolute atomic E-state index is 0.134. The van der Waals surface area contributed by atoms with Crippen molar-refractivity contribution in [3.8, 4) is 0 Å². The lowest BCUT2D eigenvalue weighted by molar-refractivity contribution is -0.142. The molecule has 5 atom stereocenters. The molecule has 6 rings (SSSR count). The fraction of sp³-hybridized carbons (Fsp3) is 0.370. The molecule has 0 aromatic heterocycles. The summed E-state index contributed by atoms with van der Waals surface area (Å²) in [6, 6.07) is 13.6. The quantitative estimate of drug-likeness (QED) is 0.493. The summed E-state index contributed by atoms with van der Waals surface area (Å²) < 4.78 is 5.71. The number of ketones is 1. The van der Waals surface area contributed by atoms with Crippen LogP contribution in [0.15, 0.2) is 54.6 Å². The maximum absolute atomic E-state index is 14.0. The number of likely N-dealkylation sites (tertiary alicyclic amines) is 1. The van der Waals surface area contributed by atoms with Gasteiger partial charge in [0.15, 0.2) is 5.78 Å². The first-order chi connectivity index (χ1) is 16.5. The number of Topliss-reactive ketones (excluding diaryl/α,β-unsaturated/α-hetero) is 1. The van der Waals surface area contributed by atoms with E-state index in [2.05, 4.69) is 0 Å². The topological polar surface area (TPSA) is 66.9 Å². The second-order valence-corrected chi connectivity index (χ2v) is 9.93. The van der Waals surface area contributed by atoms with Crippen molar-refractivity contribution in [1.82, 2.24) is 4.90 Å². The number of amides is 2.